The Balaban J connectivity index is 2.93. The van der Waals surface area contributed by atoms with E-state index >= 15 is 0 Å². The van der Waals surface area contributed by atoms with Crippen LogP contribution in [0.15, 0.2) is 0 Å². The molecule has 1 N–H and O–H groups in total. The molecule has 1 rings (SSSR count). The van der Waals surface area contributed by atoms with E-state index in [1.807, 2.05) is 0 Å². The zero-order valence-corrected chi connectivity index (χ0v) is 8.76. The van der Waals surface area contributed by atoms with E-state index in [1.165, 1.54) is 14.2 Å². The van der Waals surface area contributed by atoms with Crippen molar-refractivity contribution >= 4 is 17.3 Å². The lowest BCUT2D eigenvalue weighted by Gasteiger charge is -1.94. The zero-order valence-electron chi connectivity index (χ0n) is 7.94. The molecule has 0 atom stereocenters. The smallest absolute Gasteiger partial charge is 0.347 e. The molecule has 1 heterocycles. The van der Waals surface area contributed by atoms with Crippen LogP contribution in [0.25, 0.3) is 0 Å². The first-order valence-corrected chi connectivity index (χ1v) is 4.70. The maximum atomic E-state index is 10.8. The highest BCUT2D eigenvalue weighted by atomic mass is 32.1. The van der Waals surface area contributed by atoms with Crippen molar-refractivity contribution in [3.8, 4) is 0 Å². The Morgan fingerprint density at radius 3 is 2.57 bits per heavy atom. The topological polar surface area (TPSA) is 68.7 Å². The van der Waals surface area contributed by atoms with Crippen LogP contribution in [0.1, 0.15) is 20.4 Å². The number of carboxylic acid groups (broad SMARTS) is 1. The summed E-state index contributed by atoms with van der Waals surface area (Å²) in [7, 11) is 3.04. The monoisotopic (exact) mass is 217 g/mol. The molecule has 14 heavy (non-hydrogen) atoms. The van der Waals surface area contributed by atoms with Crippen LogP contribution in [-0.4, -0.2) is 30.3 Å². The highest BCUT2D eigenvalue weighted by molar-refractivity contribution is 7.13. The molecule has 0 aromatic carbocycles. The number of rotatable bonds is 5. The van der Waals surface area contributed by atoms with Crippen LogP contribution >= 0.6 is 11.3 Å². The molecule has 0 amide bonds. The molecule has 5 nitrogen and oxygen atoms in total. The Bertz CT molecular complexity index is 323. The van der Waals surface area contributed by atoms with E-state index in [4.69, 9.17) is 14.6 Å². The van der Waals surface area contributed by atoms with Gasteiger partial charge < -0.3 is 14.6 Å². The second kappa shape index (κ2) is 5.04. The van der Waals surface area contributed by atoms with Gasteiger partial charge in [0, 0.05) is 14.2 Å². The number of ether oxygens (including phenoxy) is 2. The number of methoxy groups -OCH3 is 2. The van der Waals surface area contributed by atoms with Crippen molar-refractivity contribution in [2.24, 2.45) is 0 Å². The lowest BCUT2D eigenvalue weighted by atomic mass is 10.4. The van der Waals surface area contributed by atoms with Crippen molar-refractivity contribution in [1.29, 1.82) is 0 Å². The van der Waals surface area contributed by atoms with Gasteiger partial charge in [0.1, 0.15) is 9.88 Å². The summed E-state index contributed by atoms with van der Waals surface area (Å²) in [5, 5.41) is 9.50. The number of aromatic nitrogens is 1. The van der Waals surface area contributed by atoms with E-state index in [1.54, 1.807) is 0 Å². The lowest BCUT2D eigenvalue weighted by Crippen LogP contribution is -1.99. The first kappa shape index (κ1) is 11.1. The average molecular weight is 217 g/mol. The van der Waals surface area contributed by atoms with Crippen molar-refractivity contribution in [3.05, 3.63) is 15.6 Å². The van der Waals surface area contributed by atoms with Crippen LogP contribution in [0.3, 0.4) is 0 Å². The summed E-state index contributed by atoms with van der Waals surface area (Å²) in [4.78, 5) is 15.1. The third kappa shape index (κ3) is 2.50. The summed E-state index contributed by atoms with van der Waals surface area (Å²) < 4.78 is 9.72. The van der Waals surface area contributed by atoms with Gasteiger partial charge in [-0.3, -0.25) is 0 Å². The van der Waals surface area contributed by atoms with Crippen molar-refractivity contribution in [2.45, 2.75) is 13.2 Å². The summed E-state index contributed by atoms with van der Waals surface area (Å²) in [6.45, 7) is 0.538. The summed E-state index contributed by atoms with van der Waals surface area (Å²) in [5.74, 6) is -0.975. The standard InChI is InChI=1S/C8H11NO4S/c1-12-3-5-7(8(10)11)14-6(9-5)4-13-2/h3-4H2,1-2H3,(H,10,11). The molecular weight excluding hydrogens is 206 g/mol. The van der Waals surface area contributed by atoms with E-state index in [2.05, 4.69) is 4.98 Å². The molecular formula is C8H11NO4S. The molecule has 0 saturated carbocycles. The molecule has 0 bridgehead atoms. The quantitative estimate of drug-likeness (QED) is 0.800. The van der Waals surface area contributed by atoms with Crippen LogP contribution in [0, 0.1) is 0 Å². The van der Waals surface area contributed by atoms with Crippen molar-refractivity contribution in [1.82, 2.24) is 4.98 Å². The number of nitrogens with zero attached hydrogens (tertiary/aromatic N) is 1. The predicted octanol–water partition coefficient (Wildman–Crippen LogP) is 1.13. The largest absolute Gasteiger partial charge is 0.477 e. The minimum atomic E-state index is -0.975. The van der Waals surface area contributed by atoms with Crippen LogP contribution < -0.4 is 0 Å². The molecule has 0 spiro atoms. The van der Waals surface area contributed by atoms with Crippen molar-refractivity contribution in [2.75, 3.05) is 14.2 Å². The second-order valence-electron chi connectivity index (χ2n) is 2.55. The van der Waals surface area contributed by atoms with Gasteiger partial charge in [-0.05, 0) is 0 Å². The first-order valence-electron chi connectivity index (χ1n) is 3.88. The van der Waals surface area contributed by atoms with Gasteiger partial charge >= 0.3 is 5.97 Å². The van der Waals surface area contributed by atoms with Crippen LogP contribution in [0.5, 0.6) is 0 Å². The maximum absolute atomic E-state index is 10.8. The van der Waals surface area contributed by atoms with E-state index in [9.17, 15) is 4.79 Å². The molecule has 0 radical (unpaired) electrons. The summed E-state index contributed by atoms with van der Waals surface area (Å²) in [6, 6.07) is 0. The van der Waals surface area contributed by atoms with E-state index in [0.29, 0.717) is 17.3 Å². The predicted molar refractivity (Wildman–Crippen MR) is 50.5 cm³/mol. The molecule has 0 aliphatic rings. The number of thiazole rings is 1. The fraction of sp³-hybridized carbons (Fsp3) is 0.500. The summed E-state index contributed by atoms with van der Waals surface area (Å²) in [5.41, 5.74) is 0.456. The van der Waals surface area contributed by atoms with E-state index in [0.717, 1.165) is 11.3 Å². The van der Waals surface area contributed by atoms with Crippen molar-refractivity contribution in [3.63, 3.8) is 0 Å². The minimum absolute atomic E-state index is 0.210. The minimum Gasteiger partial charge on any atom is -0.477 e. The molecule has 6 heteroatoms. The van der Waals surface area contributed by atoms with Gasteiger partial charge in [-0.25, -0.2) is 9.78 Å². The number of hydrogen-bond acceptors (Lipinski definition) is 5. The van der Waals surface area contributed by atoms with E-state index < -0.39 is 5.97 Å². The molecule has 1 aromatic heterocycles. The van der Waals surface area contributed by atoms with Crippen LogP contribution in [0.2, 0.25) is 0 Å². The molecule has 0 aliphatic heterocycles. The van der Waals surface area contributed by atoms with Crippen LogP contribution in [-0.2, 0) is 22.7 Å². The van der Waals surface area contributed by atoms with Gasteiger partial charge in [0.2, 0.25) is 0 Å². The van der Waals surface area contributed by atoms with Gasteiger partial charge in [-0.2, -0.15) is 0 Å². The summed E-state index contributed by atoms with van der Waals surface area (Å²) >= 11 is 1.12. The Hall–Kier alpha value is -0.980. The third-order valence-corrected chi connectivity index (χ3v) is 2.54. The fourth-order valence-corrected chi connectivity index (χ4v) is 1.87. The number of hydrogen-bond donors (Lipinski definition) is 1. The SMILES string of the molecule is COCc1nc(COC)c(C(=O)O)s1. The summed E-state index contributed by atoms with van der Waals surface area (Å²) in [6.07, 6.45) is 0. The fourth-order valence-electron chi connectivity index (χ4n) is 0.988. The normalized spacial score (nSPS) is 10.4. The van der Waals surface area contributed by atoms with Gasteiger partial charge in [0.25, 0.3) is 0 Å². The molecule has 1 aromatic rings. The zero-order chi connectivity index (χ0) is 10.6. The Labute approximate surface area is 85.3 Å². The van der Waals surface area contributed by atoms with Crippen LogP contribution in [0.4, 0.5) is 0 Å². The van der Waals surface area contributed by atoms with Gasteiger partial charge in [0.15, 0.2) is 0 Å². The maximum Gasteiger partial charge on any atom is 0.347 e. The highest BCUT2D eigenvalue weighted by Gasteiger charge is 2.16. The number of carboxylic acids is 1. The lowest BCUT2D eigenvalue weighted by molar-refractivity contribution is 0.0697. The number of carbonyl (C=O) groups is 1. The third-order valence-electron chi connectivity index (χ3n) is 1.48. The molecule has 0 aliphatic carbocycles. The Morgan fingerprint density at radius 2 is 2.07 bits per heavy atom. The van der Waals surface area contributed by atoms with Gasteiger partial charge in [0.05, 0.1) is 18.9 Å². The molecule has 78 valence electrons. The molecule has 0 unspecified atom stereocenters. The first-order chi connectivity index (χ1) is 6.69. The van der Waals surface area contributed by atoms with Gasteiger partial charge in [-0.1, -0.05) is 0 Å². The molecule has 0 fully saturated rings. The average Bonchev–Trinajstić information content (AvgIpc) is 2.49. The second-order valence-corrected chi connectivity index (χ2v) is 3.64. The Morgan fingerprint density at radius 1 is 1.43 bits per heavy atom. The number of aromatic carboxylic acids is 1. The highest BCUT2D eigenvalue weighted by Crippen LogP contribution is 2.19. The molecule has 0 saturated heterocycles. The van der Waals surface area contributed by atoms with Gasteiger partial charge in [-0.15, -0.1) is 11.3 Å². The Kier molecular flexibility index (Phi) is 3.99. The van der Waals surface area contributed by atoms with E-state index in [-0.39, 0.29) is 11.5 Å². The van der Waals surface area contributed by atoms with Crippen molar-refractivity contribution < 1.29 is 19.4 Å².